The van der Waals surface area contributed by atoms with Gasteiger partial charge >= 0.3 is 0 Å². The first-order chi connectivity index (χ1) is 6.93. The summed E-state index contributed by atoms with van der Waals surface area (Å²) in [4.78, 5) is 0.0207. The van der Waals surface area contributed by atoms with E-state index in [1.165, 1.54) is 19.1 Å². The van der Waals surface area contributed by atoms with Crippen molar-refractivity contribution in [1.82, 2.24) is 4.72 Å². The summed E-state index contributed by atoms with van der Waals surface area (Å²) in [7, 11) is -3.63. The van der Waals surface area contributed by atoms with E-state index in [0.717, 1.165) is 0 Å². The van der Waals surface area contributed by atoms with Crippen molar-refractivity contribution in [1.29, 1.82) is 0 Å². The minimum Gasteiger partial charge on any atom is -0.392 e. The number of nitrogens with one attached hydrogen (secondary N) is 1. The summed E-state index contributed by atoms with van der Waals surface area (Å²) >= 11 is 5.74. The maximum Gasteiger partial charge on any atom is 0.242 e. The second-order valence-corrected chi connectivity index (χ2v) is 5.27. The van der Waals surface area contributed by atoms with Crippen molar-refractivity contribution in [3.05, 3.63) is 29.3 Å². The van der Waals surface area contributed by atoms with Crippen molar-refractivity contribution in [3.63, 3.8) is 0 Å². The average molecular weight is 250 g/mol. The molecule has 0 aliphatic heterocycles. The van der Waals surface area contributed by atoms with E-state index >= 15 is 0 Å². The summed E-state index contributed by atoms with van der Waals surface area (Å²) in [6.07, 6.45) is -0.734. The van der Waals surface area contributed by atoms with Crippen molar-refractivity contribution >= 4 is 21.6 Å². The van der Waals surface area contributed by atoms with Gasteiger partial charge < -0.3 is 5.11 Å². The van der Waals surface area contributed by atoms with Crippen molar-refractivity contribution < 1.29 is 13.5 Å². The van der Waals surface area contributed by atoms with Gasteiger partial charge in [-0.2, -0.15) is 0 Å². The molecule has 0 saturated carbocycles. The molecular formula is C9H12ClNO3S. The van der Waals surface area contributed by atoms with Gasteiger partial charge in [0.05, 0.1) is 11.1 Å². The van der Waals surface area contributed by atoms with Gasteiger partial charge in [-0.1, -0.05) is 23.7 Å². The van der Waals surface area contributed by atoms with Gasteiger partial charge in [0.25, 0.3) is 0 Å². The Hall–Kier alpha value is -0.620. The highest BCUT2D eigenvalue weighted by molar-refractivity contribution is 7.89. The molecule has 6 heteroatoms. The van der Waals surface area contributed by atoms with Crippen LogP contribution in [0, 0.1) is 0 Å². The number of hydrogen-bond acceptors (Lipinski definition) is 3. The zero-order valence-electron chi connectivity index (χ0n) is 8.14. The number of aliphatic hydroxyl groups excluding tert-OH is 1. The van der Waals surface area contributed by atoms with Crippen molar-refractivity contribution in [2.45, 2.75) is 17.9 Å². The first kappa shape index (κ1) is 12.4. The largest absolute Gasteiger partial charge is 0.392 e. The minimum atomic E-state index is -3.63. The Labute approximate surface area is 93.9 Å². The molecule has 0 aliphatic rings. The normalized spacial score (nSPS) is 13.8. The number of benzene rings is 1. The topological polar surface area (TPSA) is 66.4 Å². The number of halogens is 1. The first-order valence-electron chi connectivity index (χ1n) is 4.36. The molecule has 0 aliphatic carbocycles. The van der Waals surface area contributed by atoms with Crippen molar-refractivity contribution in [3.8, 4) is 0 Å². The predicted molar refractivity (Wildman–Crippen MR) is 58.3 cm³/mol. The van der Waals surface area contributed by atoms with Crippen LogP contribution in [-0.4, -0.2) is 26.2 Å². The summed E-state index contributed by atoms with van der Waals surface area (Å²) in [6.45, 7) is 1.46. The molecule has 1 aromatic carbocycles. The lowest BCUT2D eigenvalue weighted by Gasteiger charge is -2.09. The van der Waals surface area contributed by atoms with Crippen molar-refractivity contribution in [2.75, 3.05) is 6.54 Å². The molecule has 1 aromatic rings. The Morgan fingerprint density at radius 1 is 1.47 bits per heavy atom. The SMILES string of the molecule is CC(O)CNS(=O)(=O)c1ccccc1Cl. The second kappa shape index (κ2) is 4.94. The van der Waals surface area contributed by atoms with E-state index in [1.807, 2.05) is 0 Å². The highest BCUT2D eigenvalue weighted by Gasteiger charge is 2.17. The molecule has 4 nitrogen and oxygen atoms in total. The highest BCUT2D eigenvalue weighted by atomic mass is 35.5. The van der Waals surface area contributed by atoms with Gasteiger partial charge in [0.15, 0.2) is 0 Å². The van der Waals surface area contributed by atoms with Crippen LogP contribution in [0.2, 0.25) is 5.02 Å². The Morgan fingerprint density at radius 2 is 2.07 bits per heavy atom. The molecule has 0 fully saturated rings. The molecule has 0 amide bonds. The summed E-state index contributed by atoms with van der Waals surface area (Å²) < 4.78 is 25.6. The lowest BCUT2D eigenvalue weighted by atomic mass is 10.4. The zero-order valence-corrected chi connectivity index (χ0v) is 9.72. The third kappa shape index (κ3) is 3.46. The number of aliphatic hydroxyl groups is 1. The molecule has 0 spiro atoms. The molecule has 0 radical (unpaired) electrons. The molecule has 0 bridgehead atoms. The summed E-state index contributed by atoms with van der Waals surface area (Å²) in [5.41, 5.74) is 0. The van der Waals surface area contributed by atoms with Crippen molar-refractivity contribution in [2.24, 2.45) is 0 Å². The van der Waals surface area contributed by atoms with E-state index in [9.17, 15) is 8.42 Å². The lowest BCUT2D eigenvalue weighted by molar-refractivity contribution is 0.198. The smallest absolute Gasteiger partial charge is 0.242 e. The monoisotopic (exact) mass is 249 g/mol. The quantitative estimate of drug-likeness (QED) is 0.837. The van der Waals surface area contributed by atoms with E-state index in [0.29, 0.717) is 0 Å². The van der Waals surface area contributed by atoms with Crippen LogP contribution in [0.4, 0.5) is 0 Å². The van der Waals surface area contributed by atoms with Crippen LogP contribution in [0.15, 0.2) is 29.2 Å². The van der Waals surface area contributed by atoms with E-state index in [1.54, 1.807) is 12.1 Å². The molecular weight excluding hydrogens is 238 g/mol. The van der Waals surface area contributed by atoms with Crippen LogP contribution in [0.5, 0.6) is 0 Å². The predicted octanol–water partition coefficient (Wildman–Crippen LogP) is 0.999. The molecule has 1 atom stereocenters. The molecule has 2 N–H and O–H groups in total. The van der Waals surface area contributed by atoms with Crippen LogP contribution in [0.25, 0.3) is 0 Å². The Balaban J connectivity index is 2.92. The van der Waals surface area contributed by atoms with E-state index in [4.69, 9.17) is 16.7 Å². The van der Waals surface area contributed by atoms with E-state index < -0.39 is 16.1 Å². The highest BCUT2D eigenvalue weighted by Crippen LogP contribution is 2.19. The number of hydrogen-bond donors (Lipinski definition) is 2. The summed E-state index contributed by atoms with van der Waals surface area (Å²) in [5.74, 6) is 0. The van der Waals surface area contributed by atoms with Gasteiger partial charge in [0.2, 0.25) is 10.0 Å². The lowest BCUT2D eigenvalue weighted by Crippen LogP contribution is -2.30. The summed E-state index contributed by atoms with van der Waals surface area (Å²) in [6, 6.07) is 6.14. The third-order valence-electron chi connectivity index (χ3n) is 1.69. The van der Waals surface area contributed by atoms with Gasteiger partial charge in [-0.15, -0.1) is 0 Å². The Kier molecular flexibility index (Phi) is 4.10. The molecule has 0 aromatic heterocycles. The van der Waals surface area contributed by atoms with Gasteiger partial charge in [-0.05, 0) is 19.1 Å². The fraction of sp³-hybridized carbons (Fsp3) is 0.333. The summed E-state index contributed by atoms with van der Waals surface area (Å²) in [5, 5.41) is 9.13. The Bertz CT molecular complexity index is 431. The van der Waals surface area contributed by atoms with Gasteiger partial charge in [0.1, 0.15) is 4.90 Å². The van der Waals surface area contributed by atoms with Crippen LogP contribution >= 0.6 is 11.6 Å². The Morgan fingerprint density at radius 3 is 2.60 bits per heavy atom. The standard InChI is InChI=1S/C9H12ClNO3S/c1-7(12)6-11-15(13,14)9-5-3-2-4-8(9)10/h2-5,7,11-12H,6H2,1H3. The van der Waals surface area contributed by atoms with Crippen LogP contribution in [-0.2, 0) is 10.0 Å². The van der Waals surface area contributed by atoms with Gasteiger partial charge in [-0.25, -0.2) is 13.1 Å². The second-order valence-electron chi connectivity index (χ2n) is 3.13. The van der Waals surface area contributed by atoms with E-state index in [2.05, 4.69) is 4.72 Å². The molecule has 0 saturated heterocycles. The van der Waals surface area contributed by atoms with Gasteiger partial charge in [-0.3, -0.25) is 0 Å². The number of sulfonamides is 1. The fourth-order valence-electron chi connectivity index (χ4n) is 0.971. The van der Waals surface area contributed by atoms with Crippen LogP contribution in [0.1, 0.15) is 6.92 Å². The molecule has 15 heavy (non-hydrogen) atoms. The maximum absolute atomic E-state index is 11.7. The fourth-order valence-corrected chi connectivity index (χ4v) is 2.61. The molecule has 1 unspecified atom stereocenters. The van der Waals surface area contributed by atoms with Crippen LogP contribution < -0.4 is 4.72 Å². The zero-order chi connectivity index (χ0) is 11.5. The number of rotatable bonds is 4. The average Bonchev–Trinajstić information content (AvgIpc) is 2.15. The molecule has 1 rings (SSSR count). The third-order valence-corrected chi connectivity index (χ3v) is 3.62. The van der Waals surface area contributed by atoms with Crippen LogP contribution in [0.3, 0.4) is 0 Å². The van der Waals surface area contributed by atoms with Gasteiger partial charge in [0, 0.05) is 6.54 Å². The van der Waals surface area contributed by atoms with E-state index in [-0.39, 0.29) is 16.5 Å². The maximum atomic E-state index is 11.7. The molecule has 84 valence electrons. The first-order valence-corrected chi connectivity index (χ1v) is 6.22. The minimum absolute atomic E-state index is 0.0207. The molecule has 0 heterocycles.